The van der Waals surface area contributed by atoms with Crippen LogP contribution < -0.4 is 4.90 Å². The number of aromatic nitrogens is 1. The van der Waals surface area contributed by atoms with E-state index in [0.29, 0.717) is 11.6 Å². The topological polar surface area (TPSA) is 36.4 Å². The molecular weight excluding hydrogens is 236 g/mol. The fraction of sp³-hybridized carbons (Fsp3) is 0.308. The first-order chi connectivity index (χ1) is 8.24. The Balaban J connectivity index is 2.10. The van der Waals surface area contributed by atoms with Crippen molar-refractivity contribution in [1.82, 2.24) is 4.98 Å². The van der Waals surface area contributed by atoms with Gasteiger partial charge in [-0.1, -0.05) is 11.6 Å². The molecule has 0 aliphatic carbocycles. The zero-order valence-electron chi connectivity index (χ0n) is 9.31. The van der Waals surface area contributed by atoms with Crippen molar-refractivity contribution in [2.24, 2.45) is 0 Å². The Hall–Kier alpha value is -1.32. The van der Waals surface area contributed by atoms with Gasteiger partial charge in [0.1, 0.15) is 0 Å². The first-order valence-electron chi connectivity index (χ1n) is 5.71. The van der Waals surface area contributed by atoms with Crippen molar-refractivity contribution in [2.45, 2.75) is 12.5 Å². The van der Waals surface area contributed by atoms with Crippen molar-refractivity contribution in [1.29, 1.82) is 0 Å². The summed E-state index contributed by atoms with van der Waals surface area (Å²) in [5.74, 6) is 0. The molecule has 1 fully saturated rings. The fourth-order valence-electron chi connectivity index (χ4n) is 2.34. The summed E-state index contributed by atoms with van der Waals surface area (Å²) in [6.07, 6.45) is 2.40. The van der Waals surface area contributed by atoms with Gasteiger partial charge in [0.15, 0.2) is 0 Å². The molecule has 88 valence electrons. The number of hydrogen-bond acceptors (Lipinski definition) is 3. The standard InChI is InChI=1S/C13H13ClN2O/c14-9-1-2-11-12(7-9)15-5-3-13(11)16-6-4-10(17)8-16/h1-3,5,7,10,17H,4,6,8H2/t10-/m0/s1. The van der Waals surface area contributed by atoms with Crippen LogP contribution in [0.2, 0.25) is 5.02 Å². The lowest BCUT2D eigenvalue weighted by molar-refractivity contribution is 0.198. The summed E-state index contributed by atoms with van der Waals surface area (Å²) < 4.78 is 0. The van der Waals surface area contributed by atoms with Gasteiger partial charge in [0, 0.05) is 35.4 Å². The maximum Gasteiger partial charge on any atom is 0.0737 e. The quantitative estimate of drug-likeness (QED) is 0.842. The van der Waals surface area contributed by atoms with E-state index in [9.17, 15) is 5.11 Å². The lowest BCUT2D eigenvalue weighted by Crippen LogP contribution is -2.21. The Bertz CT molecular complexity index is 558. The maximum atomic E-state index is 9.60. The lowest BCUT2D eigenvalue weighted by atomic mass is 10.2. The first-order valence-corrected chi connectivity index (χ1v) is 6.09. The normalized spacial score (nSPS) is 20.1. The average Bonchev–Trinajstić information content (AvgIpc) is 2.74. The number of β-amino-alcohol motifs (C(OH)–C–C–N with tert-alkyl or cyclic N) is 1. The number of aliphatic hydroxyl groups is 1. The number of halogens is 1. The minimum Gasteiger partial charge on any atom is -0.391 e. The second-order valence-electron chi connectivity index (χ2n) is 4.38. The molecule has 2 aromatic rings. The molecule has 3 nitrogen and oxygen atoms in total. The fourth-order valence-corrected chi connectivity index (χ4v) is 2.51. The van der Waals surface area contributed by atoms with E-state index in [1.165, 1.54) is 0 Å². The molecule has 0 radical (unpaired) electrons. The van der Waals surface area contributed by atoms with E-state index < -0.39 is 0 Å². The van der Waals surface area contributed by atoms with E-state index in [4.69, 9.17) is 11.6 Å². The zero-order chi connectivity index (χ0) is 11.8. The minimum atomic E-state index is -0.217. The van der Waals surface area contributed by atoms with Gasteiger partial charge in [-0.25, -0.2) is 0 Å². The van der Waals surface area contributed by atoms with E-state index in [1.807, 2.05) is 24.3 Å². The summed E-state index contributed by atoms with van der Waals surface area (Å²) in [7, 11) is 0. The molecule has 4 heteroatoms. The van der Waals surface area contributed by atoms with Gasteiger partial charge in [-0.05, 0) is 30.7 Å². The van der Waals surface area contributed by atoms with Crippen molar-refractivity contribution in [3.05, 3.63) is 35.5 Å². The number of nitrogens with zero attached hydrogens (tertiary/aromatic N) is 2. The Morgan fingerprint density at radius 3 is 3.00 bits per heavy atom. The van der Waals surface area contributed by atoms with Gasteiger partial charge in [0.2, 0.25) is 0 Å². The van der Waals surface area contributed by atoms with Crippen molar-refractivity contribution < 1.29 is 5.11 Å². The molecule has 17 heavy (non-hydrogen) atoms. The molecular formula is C13H13ClN2O. The van der Waals surface area contributed by atoms with E-state index in [-0.39, 0.29) is 6.10 Å². The maximum absolute atomic E-state index is 9.60. The smallest absolute Gasteiger partial charge is 0.0737 e. The molecule has 1 aliphatic heterocycles. The van der Waals surface area contributed by atoms with Crippen LogP contribution >= 0.6 is 11.6 Å². The molecule has 0 spiro atoms. The Labute approximate surface area is 105 Å². The molecule has 1 aromatic carbocycles. The van der Waals surface area contributed by atoms with Gasteiger partial charge in [-0.2, -0.15) is 0 Å². The van der Waals surface area contributed by atoms with Gasteiger partial charge < -0.3 is 10.0 Å². The monoisotopic (exact) mass is 248 g/mol. The van der Waals surface area contributed by atoms with Crippen molar-refractivity contribution in [3.8, 4) is 0 Å². The van der Waals surface area contributed by atoms with Crippen LogP contribution in [0, 0.1) is 0 Å². The van der Waals surface area contributed by atoms with E-state index >= 15 is 0 Å². The molecule has 1 N–H and O–H groups in total. The summed E-state index contributed by atoms with van der Waals surface area (Å²) >= 11 is 5.96. The van der Waals surface area contributed by atoms with Gasteiger partial charge in [0.25, 0.3) is 0 Å². The third-order valence-electron chi connectivity index (χ3n) is 3.19. The Morgan fingerprint density at radius 1 is 1.35 bits per heavy atom. The van der Waals surface area contributed by atoms with Crippen LogP contribution in [-0.4, -0.2) is 29.3 Å². The second-order valence-corrected chi connectivity index (χ2v) is 4.82. The second kappa shape index (κ2) is 4.17. The highest BCUT2D eigenvalue weighted by Crippen LogP contribution is 2.29. The minimum absolute atomic E-state index is 0.217. The number of benzene rings is 1. The third-order valence-corrected chi connectivity index (χ3v) is 3.42. The number of aliphatic hydroxyl groups excluding tert-OH is 1. The van der Waals surface area contributed by atoms with E-state index in [0.717, 1.165) is 29.6 Å². The summed E-state index contributed by atoms with van der Waals surface area (Å²) in [5, 5.41) is 11.4. The molecule has 1 saturated heterocycles. The molecule has 2 heterocycles. The summed E-state index contributed by atoms with van der Waals surface area (Å²) in [5.41, 5.74) is 2.03. The summed E-state index contributed by atoms with van der Waals surface area (Å²) in [4.78, 5) is 6.52. The average molecular weight is 249 g/mol. The van der Waals surface area contributed by atoms with Gasteiger partial charge in [-0.15, -0.1) is 0 Å². The van der Waals surface area contributed by atoms with Crippen LogP contribution in [0.25, 0.3) is 10.9 Å². The van der Waals surface area contributed by atoms with Crippen molar-refractivity contribution in [2.75, 3.05) is 18.0 Å². The van der Waals surface area contributed by atoms with Crippen LogP contribution in [0.15, 0.2) is 30.5 Å². The van der Waals surface area contributed by atoms with Crippen molar-refractivity contribution in [3.63, 3.8) is 0 Å². The molecule has 3 rings (SSSR count). The SMILES string of the molecule is O[C@H]1CCN(c2ccnc3cc(Cl)ccc23)C1. The zero-order valence-corrected chi connectivity index (χ0v) is 10.1. The van der Waals surface area contributed by atoms with Gasteiger partial charge in [-0.3, -0.25) is 4.98 Å². The molecule has 1 aliphatic rings. The molecule has 1 aromatic heterocycles. The summed E-state index contributed by atoms with van der Waals surface area (Å²) in [6.45, 7) is 1.59. The number of rotatable bonds is 1. The number of pyridine rings is 1. The van der Waals surface area contributed by atoms with Gasteiger partial charge >= 0.3 is 0 Å². The molecule has 0 bridgehead atoms. The molecule has 1 atom stereocenters. The highest BCUT2D eigenvalue weighted by molar-refractivity contribution is 6.31. The highest BCUT2D eigenvalue weighted by atomic mass is 35.5. The number of fused-ring (bicyclic) bond motifs is 1. The largest absolute Gasteiger partial charge is 0.391 e. The van der Waals surface area contributed by atoms with Gasteiger partial charge in [0.05, 0.1) is 11.6 Å². The highest BCUT2D eigenvalue weighted by Gasteiger charge is 2.21. The van der Waals surface area contributed by atoms with Crippen molar-refractivity contribution >= 4 is 28.2 Å². The molecule has 0 saturated carbocycles. The van der Waals surface area contributed by atoms with E-state index in [2.05, 4.69) is 9.88 Å². The predicted octanol–water partition coefficient (Wildman–Crippen LogP) is 2.46. The molecule has 0 unspecified atom stereocenters. The Kier molecular flexibility index (Phi) is 2.65. The number of anilines is 1. The third kappa shape index (κ3) is 1.96. The van der Waals surface area contributed by atoms with Crippen LogP contribution in [0.4, 0.5) is 5.69 Å². The van der Waals surface area contributed by atoms with E-state index in [1.54, 1.807) is 6.20 Å². The Morgan fingerprint density at radius 2 is 2.24 bits per heavy atom. The first kappa shape index (κ1) is 10.8. The lowest BCUT2D eigenvalue weighted by Gasteiger charge is -2.19. The van der Waals surface area contributed by atoms with Crippen LogP contribution in [-0.2, 0) is 0 Å². The van der Waals surface area contributed by atoms with Crippen LogP contribution in [0.3, 0.4) is 0 Å². The summed E-state index contributed by atoms with van der Waals surface area (Å²) in [6, 6.07) is 7.73. The number of hydrogen-bond donors (Lipinski definition) is 1. The molecule has 0 amide bonds. The van der Waals surface area contributed by atoms with Crippen LogP contribution in [0.5, 0.6) is 0 Å². The van der Waals surface area contributed by atoms with Crippen LogP contribution in [0.1, 0.15) is 6.42 Å². The predicted molar refractivity (Wildman–Crippen MR) is 69.6 cm³/mol.